The van der Waals surface area contributed by atoms with Crippen LogP contribution in [0, 0.1) is 5.82 Å². The van der Waals surface area contributed by atoms with E-state index >= 15 is 0 Å². The summed E-state index contributed by atoms with van der Waals surface area (Å²) in [6.07, 6.45) is 0.805. The highest BCUT2D eigenvalue weighted by atomic mass is 19.1. The van der Waals surface area contributed by atoms with E-state index in [1.54, 1.807) is 0 Å². The monoisotopic (exact) mass is 227 g/mol. The van der Waals surface area contributed by atoms with E-state index in [4.69, 9.17) is 10.8 Å². The number of rotatable bonds is 5. The van der Waals surface area contributed by atoms with Gasteiger partial charge in [0.2, 0.25) is 0 Å². The fraction of sp³-hybridized carbons (Fsp3) is 0.364. The lowest BCUT2D eigenvalue weighted by molar-refractivity contribution is -0.137. The summed E-state index contributed by atoms with van der Waals surface area (Å²) in [5, 5.41) is 17.9. The molecule has 1 aromatic rings. The molecule has 4 N–H and O–H groups in total. The Morgan fingerprint density at radius 3 is 2.81 bits per heavy atom. The zero-order chi connectivity index (χ0) is 12.1. The molecule has 0 aromatic heterocycles. The van der Waals surface area contributed by atoms with Gasteiger partial charge in [-0.05, 0) is 18.9 Å². The number of nitrogens with two attached hydrogens (primary N) is 1. The second-order valence-corrected chi connectivity index (χ2v) is 3.57. The molecule has 1 aromatic carbocycles. The summed E-state index contributed by atoms with van der Waals surface area (Å²) in [6.45, 7) is 0. The Balaban J connectivity index is 2.62. The smallest absolute Gasteiger partial charge is 0.303 e. The summed E-state index contributed by atoms with van der Waals surface area (Å²) in [5.74, 6) is -2.06. The van der Waals surface area contributed by atoms with E-state index in [0.29, 0.717) is 18.4 Å². The van der Waals surface area contributed by atoms with E-state index in [2.05, 4.69) is 0 Å². The molecule has 0 amide bonds. The predicted octanol–water partition coefficient (Wildman–Crippen LogP) is 1.79. The van der Waals surface area contributed by atoms with Crippen LogP contribution in [0.15, 0.2) is 18.2 Å². The molecule has 0 aliphatic carbocycles. The molecule has 4 nitrogen and oxygen atoms in total. The maximum absolute atomic E-state index is 13.0. The average molecular weight is 227 g/mol. The van der Waals surface area contributed by atoms with Crippen molar-refractivity contribution in [3.8, 4) is 5.75 Å². The molecular formula is C11H14FNO3. The molecule has 0 bridgehead atoms. The van der Waals surface area contributed by atoms with Crippen LogP contribution in [-0.2, 0) is 4.79 Å². The van der Waals surface area contributed by atoms with E-state index in [9.17, 15) is 14.3 Å². The van der Waals surface area contributed by atoms with Crippen LogP contribution in [-0.4, -0.2) is 16.2 Å². The maximum atomic E-state index is 13.0. The standard InChI is InChI=1S/C11H14FNO3/c12-8-4-1-3-7(11(8)16)9(13)5-2-6-10(14)15/h1,3-4,9,16H,2,5-6,13H2,(H,14,15)/t9-/m0/s1. The van der Waals surface area contributed by atoms with Crippen molar-refractivity contribution >= 4 is 5.97 Å². The van der Waals surface area contributed by atoms with Crippen LogP contribution in [0.1, 0.15) is 30.9 Å². The van der Waals surface area contributed by atoms with Gasteiger partial charge in [-0.3, -0.25) is 4.79 Å². The summed E-state index contributed by atoms with van der Waals surface area (Å²) in [4.78, 5) is 10.3. The minimum atomic E-state index is -0.893. The van der Waals surface area contributed by atoms with Crippen LogP contribution in [0.2, 0.25) is 0 Å². The third kappa shape index (κ3) is 3.20. The Hall–Kier alpha value is -1.62. The largest absolute Gasteiger partial charge is 0.505 e. The Kier molecular flexibility index (Phi) is 4.25. The van der Waals surface area contributed by atoms with Crippen LogP contribution in [0.5, 0.6) is 5.75 Å². The van der Waals surface area contributed by atoms with Gasteiger partial charge in [0.25, 0.3) is 0 Å². The van der Waals surface area contributed by atoms with E-state index in [0.717, 1.165) is 6.07 Å². The van der Waals surface area contributed by atoms with Crippen molar-refractivity contribution in [2.75, 3.05) is 0 Å². The molecular weight excluding hydrogens is 213 g/mol. The van der Waals surface area contributed by atoms with E-state index in [1.807, 2.05) is 0 Å². The quantitative estimate of drug-likeness (QED) is 0.716. The van der Waals surface area contributed by atoms with Gasteiger partial charge in [-0.2, -0.15) is 0 Å². The lowest BCUT2D eigenvalue weighted by atomic mass is 10.0. The third-order valence-corrected chi connectivity index (χ3v) is 2.32. The number of hydrogen-bond acceptors (Lipinski definition) is 3. The molecule has 1 rings (SSSR count). The average Bonchev–Trinajstić information content (AvgIpc) is 2.21. The van der Waals surface area contributed by atoms with Gasteiger partial charge in [0.05, 0.1) is 0 Å². The molecule has 0 spiro atoms. The summed E-state index contributed by atoms with van der Waals surface area (Å²) in [6, 6.07) is 3.59. The van der Waals surface area contributed by atoms with Gasteiger partial charge in [0.1, 0.15) is 0 Å². The number of benzene rings is 1. The minimum absolute atomic E-state index is 0.0176. The molecule has 0 aliphatic heterocycles. The Morgan fingerprint density at radius 1 is 1.50 bits per heavy atom. The minimum Gasteiger partial charge on any atom is -0.505 e. The topological polar surface area (TPSA) is 83.6 Å². The first-order valence-corrected chi connectivity index (χ1v) is 4.97. The van der Waals surface area contributed by atoms with Crippen LogP contribution in [0.25, 0.3) is 0 Å². The van der Waals surface area contributed by atoms with Gasteiger partial charge in [-0.15, -0.1) is 0 Å². The number of aromatic hydroxyl groups is 1. The van der Waals surface area contributed by atoms with Gasteiger partial charge in [-0.1, -0.05) is 12.1 Å². The van der Waals surface area contributed by atoms with Crippen molar-refractivity contribution < 1.29 is 19.4 Å². The molecule has 0 aliphatic rings. The van der Waals surface area contributed by atoms with Crippen LogP contribution >= 0.6 is 0 Å². The SMILES string of the molecule is N[C@@H](CCCC(=O)O)c1cccc(F)c1O. The Morgan fingerprint density at radius 2 is 2.19 bits per heavy atom. The third-order valence-electron chi connectivity index (χ3n) is 2.32. The number of aliphatic carboxylic acids is 1. The number of carbonyl (C=O) groups is 1. The molecule has 0 heterocycles. The second kappa shape index (κ2) is 5.46. The first kappa shape index (κ1) is 12.4. The number of carboxylic acids is 1. The van der Waals surface area contributed by atoms with Crippen molar-refractivity contribution in [1.82, 2.24) is 0 Å². The number of hydrogen-bond donors (Lipinski definition) is 3. The van der Waals surface area contributed by atoms with Crippen molar-refractivity contribution in [1.29, 1.82) is 0 Å². The first-order valence-electron chi connectivity index (χ1n) is 4.97. The number of carboxylic acid groups (broad SMARTS) is 1. The Bertz CT molecular complexity index is 381. The van der Waals surface area contributed by atoms with Crippen LogP contribution < -0.4 is 5.73 Å². The molecule has 0 saturated carbocycles. The second-order valence-electron chi connectivity index (χ2n) is 3.57. The number of phenols is 1. The van der Waals surface area contributed by atoms with Crippen molar-refractivity contribution in [3.63, 3.8) is 0 Å². The number of phenolic OH excluding ortho intramolecular Hbond substituents is 1. The van der Waals surface area contributed by atoms with Gasteiger partial charge in [0, 0.05) is 18.0 Å². The first-order chi connectivity index (χ1) is 7.52. The Labute approximate surface area is 92.5 Å². The fourth-order valence-corrected chi connectivity index (χ4v) is 1.46. The zero-order valence-corrected chi connectivity index (χ0v) is 8.69. The van der Waals surface area contributed by atoms with E-state index < -0.39 is 23.6 Å². The summed E-state index contributed by atoms with van der Waals surface area (Å²) < 4.78 is 13.0. The molecule has 16 heavy (non-hydrogen) atoms. The summed E-state index contributed by atoms with van der Waals surface area (Å²) in [7, 11) is 0. The summed E-state index contributed by atoms with van der Waals surface area (Å²) >= 11 is 0. The summed E-state index contributed by atoms with van der Waals surface area (Å²) in [5.41, 5.74) is 6.04. The highest BCUT2D eigenvalue weighted by Gasteiger charge is 2.13. The van der Waals surface area contributed by atoms with Gasteiger partial charge < -0.3 is 15.9 Å². The van der Waals surface area contributed by atoms with Gasteiger partial charge in [0.15, 0.2) is 11.6 Å². The van der Waals surface area contributed by atoms with Gasteiger partial charge in [-0.25, -0.2) is 4.39 Å². The predicted molar refractivity (Wildman–Crippen MR) is 56.5 cm³/mol. The normalized spacial score (nSPS) is 12.4. The number of halogens is 1. The van der Waals surface area contributed by atoms with E-state index in [-0.39, 0.29) is 6.42 Å². The molecule has 0 fully saturated rings. The highest BCUT2D eigenvalue weighted by molar-refractivity contribution is 5.66. The van der Waals surface area contributed by atoms with Crippen molar-refractivity contribution in [3.05, 3.63) is 29.6 Å². The number of para-hydroxylation sites is 1. The highest BCUT2D eigenvalue weighted by Crippen LogP contribution is 2.28. The zero-order valence-electron chi connectivity index (χ0n) is 8.69. The van der Waals surface area contributed by atoms with Crippen LogP contribution in [0.3, 0.4) is 0 Å². The lowest BCUT2D eigenvalue weighted by Gasteiger charge is -2.13. The molecule has 0 unspecified atom stereocenters. The maximum Gasteiger partial charge on any atom is 0.303 e. The molecule has 1 atom stereocenters. The van der Waals surface area contributed by atoms with Crippen LogP contribution in [0.4, 0.5) is 4.39 Å². The molecule has 88 valence electrons. The fourth-order valence-electron chi connectivity index (χ4n) is 1.46. The molecule has 0 radical (unpaired) electrons. The lowest BCUT2D eigenvalue weighted by Crippen LogP contribution is -2.11. The van der Waals surface area contributed by atoms with Crippen molar-refractivity contribution in [2.24, 2.45) is 5.73 Å². The van der Waals surface area contributed by atoms with E-state index in [1.165, 1.54) is 12.1 Å². The van der Waals surface area contributed by atoms with Crippen molar-refractivity contribution in [2.45, 2.75) is 25.3 Å². The van der Waals surface area contributed by atoms with Gasteiger partial charge >= 0.3 is 5.97 Å². The molecule has 5 heteroatoms. The molecule has 0 saturated heterocycles.